The summed E-state index contributed by atoms with van der Waals surface area (Å²) in [5.41, 5.74) is 0.493. The van der Waals surface area contributed by atoms with Gasteiger partial charge < -0.3 is 4.74 Å². The van der Waals surface area contributed by atoms with E-state index in [1.807, 2.05) is 19.9 Å². The largest absolute Gasteiger partial charge is 0.491 e. The molecule has 98 valence electrons. The van der Waals surface area contributed by atoms with Crippen molar-refractivity contribution in [3.8, 4) is 5.75 Å². The Kier molecular flexibility index (Phi) is 3.95. The molecule has 0 atom stereocenters. The van der Waals surface area contributed by atoms with Gasteiger partial charge in [-0.05, 0) is 32.0 Å². The number of benzene rings is 2. The van der Waals surface area contributed by atoms with Crippen molar-refractivity contribution in [2.45, 2.75) is 20.0 Å². The van der Waals surface area contributed by atoms with E-state index < -0.39 is 5.82 Å². The molecule has 0 N–H and O–H groups in total. The molecule has 2 aromatic carbocycles. The lowest BCUT2D eigenvalue weighted by atomic mass is 10.0. The molecule has 19 heavy (non-hydrogen) atoms. The first kappa shape index (κ1) is 13.3. The molecular formula is C16H15FO2. The summed E-state index contributed by atoms with van der Waals surface area (Å²) in [4.78, 5) is 12.2. The third kappa shape index (κ3) is 3.19. The third-order valence-electron chi connectivity index (χ3n) is 2.59. The van der Waals surface area contributed by atoms with Crippen LogP contribution in [0.4, 0.5) is 4.39 Å². The second-order valence-electron chi connectivity index (χ2n) is 4.50. The van der Waals surface area contributed by atoms with Crippen LogP contribution in [0.3, 0.4) is 0 Å². The van der Waals surface area contributed by atoms with Gasteiger partial charge in [-0.1, -0.05) is 30.3 Å². The van der Waals surface area contributed by atoms with Crippen LogP contribution in [0.25, 0.3) is 0 Å². The number of ketones is 1. The van der Waals surface area contributed by atoms with E-state index >= 15 is 0 Å². The van der Waals surface area contributed by atoms with Crippen molar-refractivity contribution >= 4 is 5.78 Å². The number of hydrogen-bond acceptors (Lipinski definition) is 2. The van der Waals surface area contributed by atoms with Gasteiger partial charge in [-0.25, -0.2) is 4.39 Å². The molecule has 0 spiro atoms. The summed E-state index contributed by atoms with van der Waals surface area (Å²) < 4.78 is 19.2. The molecule has 0 aromatic heterocycles. The van der Waals surface area contributed by atoms with Crippen LogP contribution < -0.4 is 4.74 Å². The van der Waals surface area contributed by atoms with Gasteiger partial charge in [0.15, 0.2) is 5.78 Å². The monoisotopic (exact) mass is 258 g/mol. The Hall–Kier alpha value is -2.16. The van der Waals surface area contributed by atoms with Gasteiger partial charge in [0, 0.05) is 5.56 Å². The molecule has 2 aromatic rings. The van der Waals surface area contributed by atoms with Crippen LogP contribution in [-0.4, -0.2) is 11.9 Å². The molecule has 2 nitrogen and oxygen atoms in total. The smallest absolute Gasteiger partial charge is 0.196 e. The third-order valence-corrected chi connectivity index (χ3v) is 2.59. The Morgan fingerprint density at radius 2 is 1.79 bits per heavy atom. The van der Waals surface area contributed by atoms with E-state index in [1.54, 1.807) is 24.3 Å². The number of rotatable bonds is 4. The highest BCUT2D eigenvalue weighted by atomic mass is 19.1. The molecule has 0 fully saturated rings. The van der Waals surface area contributed by atoms with Crippen molar-refractivity contribution < 1.29 is 13.9 Å². The van der Waals surface area contributed by atoms with E-state index in [0.717, 1.165) is 0 Å². The fraction of sp³-hybridized carbons (Fsp3) is 0.188. The highest BCUT2D eigenvalue weighted by molar-refractivity contribution is 6.09. The summed E-state index contributed by atoms with van der Waals surface area (Å²) in [6.07, 6.45) is -0.0230. The molecule has 0 radical (unpaired) electrons. The maximum absolute atomic E-state index is 13.8. The van der Waals surface area contributed by atoms with Gasteiger partial charge in [0.2, 0.25) is 0 Å². The van der Waals surface area contributed by atoms with Crippen molar-refractivity contribution in [1.82, 2.24) is 0 Å². The topological polar surface area (TPSA) is 26.3 Å². The van der Waals surface area contributed by atoms with Gasteiger partial charge in [-0.3, -0.25) is 4.79 Å². The average molecular weight is 258 g/mol. The molecule has 0 bridgehead atoms. The number of ether oxygens (including phenoxy) is 1. The number of carbonyl (C=O) groups excluding carboxylic acids is 1. The van der Waals surface area contributed by atoms with Crippen molar-refractivity contribution in [3.63, 3.8) is 0 Å². The van der Waals surface area contributed by atoms with Crippen LogP contribution in [0.5, 0.6) is 5.75 Å². The molecular weight excluding hydrogens is 243 g/mol. The first-order chi connectivity index (χ1) is 9.08. The maximum Gasteiger partial charge on any atom is 0.196 e. The lowest BCUT2D eigenvalue weighted by Crippen LogP contribution is -2.08. The summed E-state index contributed by atoms with van der Waals surface area (Å²) in [6.45, 7) is 3.75. The number of hydrogen-bond donors (Lipinski definition) is 0. The van der Waals surface area contributed by atoms with Gasteiger partial charge >= 0.3 is 0 Å². The first-order valence-corrected chi connectivity index (χ1v) is 6.14. The van der Waals surface area contributed by atoms with Crippen molar-refractivity contribution in [1.29, 1.82) is 0 Å². The normalized spacial score (nSPS) is 10.5. The molecule has 0 amide bonds. The Morgan fingerprint density at radius 3 is 2.42 bits per heavy atom. The van der Waals surface area contributed by atoms with Crippen molar-refractivity contribution in [2.24, 2.45) is 0 Å². The van der Waals surface area contributed by atoms with E-state index in [0.29, 0.717) is 11.3 Å². The molecule has 0 saturated heterocycles. The molecule has 0 unspecified atom stereocenters. The van der Waals surface area contributed by atoms with Gasteiger partial charge in [0.05, 0.1) is 11.7 Å². The predicted octanol–water partition coefficient (Wildman–Crippen LogP) is 3.84. The van der Waals surface area contributed by atoms with Gasteiger partial charge in [-0.2, -0.15) is 0 Å². The maximum atomic E-state index is 13.8. The van der Waals surface area contributed by atoms with Crippen LogP contribution >= 0.6 is 0 Å². The van der Waals surface area contributed by atoms with Crippen LogP contribution in [0.2, 0.25) is 0 Å². The molecule has 0 heterocycles. The lowest BCUT2D eigenvalue weighted by Gasteiger charge is -2.11. The van der Waals surface area contributed by atoms with Crippen LogP contribution in [0.15, 0.2) is 48.5 Å². The molecule has 0 saturated carbocycles. The van der Waals surface area contributed by atoms with E-state index in [1.165, 1.54) is 18.2 Å². The Balaban J connectivity index is 2.36. The summed E-state index contributed by atoms with van der Waals surface area (Å²) in [6, 6.07) is 12.9. The van der Waals surface area contributed by atoms with Gasteiger partial charge in [0.25, 0.3) is 0 Å². The number of carbonyl (C=O) groups is 1. The minimum absolute atomic E-state index is 0.0230. The standard InChI is InChI=1S/C16H15FO2/c1-11(2)19-13-8-9-15(17)14(10-13)16(18)12-6-4-3-5-7-12/h3-11H,1-2H3. The van der Waals surface area contributed by atoms with Crippen molar-refractivity contribution in [2.75, 3.05) is 0 Å². The van der Waals surface area contributed by atoms with Crippen LogP contribution in [-0.2, 0) is 0 Å². The SMILES string of the molecule is CC(C)Oc1ccc(F)c(C(=O)c2ccccc2)c1. The molecule has 3 heteroatoms. The van der Waals surface area contributed by atoms with Gasteiger partial charge in [0.1, 0.15) is 11.6 Å². The quantitative estimate of drug-likeness (QED) is 0.779. The summed E-state index contributed by atoms with van der Waals surface area (Å²) in [5.74, 6) is -0.382. The summed E-state index contributed by atoms with van der Waals surface area (Å²) in [7, 11) is 0. The first-order valence-electron chi connectivity index (χ1n) is 6.14. The summed E-state index contributed by atoms with van der Waals surface area (Å²) >= 11 is 0. The van der Waals surface area contributed by atoms with E-state index in [-0.39, 0.29) is 17.5 Å². The highest BCUT2D eigenvalue weighted by Gasteiger charge is 2.15. The molecule has 0 aliphatic carbocycles. The van der Waals surface area contributed by atoms with Gasteiger partial charge in [-0.15, -0.1) is 0 Å². The number of halogens is 1. The fourth-order valence-corrected chi connectivity index (χ4v) is 1.77. The Morgan fingerprint density at radius 1 is 1.11 bits per heavy atom. The highest BCUT2D eigenvalue weighted by Crippen LogP contribution is 2.20. The molecule has 0 aliphatic heterocycles. The zero-order chi connectivity index (χ0) is 13.8. The Labute approximate surface area is 111 Å². The Bertz CT molecular complexity index is 577. The van der Waals surface area contributed by atoms with Crippen LogP contribution in [0.1, 0.15) is 29.8 Å². The lowest BCUT2D eigenvalue weighted by molar-refractivity contribution is 0.103. The zero-order valence-corrected chi connectivity index (χ0v) is 10.9. The second-order valence-corrected chi connectivity index (χ2v) is 4.50. The second kappa shape index (κ2) is 5.65. The minimum atomic E-state index is -0.537. The van der Waals surface area contributed by atoms with Crippen molar-refractivity contribution in [3.05, 3.63) is 65.5 Å². The van der Waals surface area contributed by atoms with Crippen LogP contribution in [0, 0.1) is 5.82 Å². The molecule has 0 aliphatic rings. The predicted molar refractivity (Wildman–Crippen MR) is 72.0 cm³/mol. The minimum Gasteiger partial charge on any atom is -0.491 e. The fourth-order valence-electron chi connectivity index (χ4n) is 1.77. The van der Waals surface area contributed by atoms with E-state index in [4.69, 9.17) is 4.74 Å². The van der Waals surface area contributed by atoms with E-state index in [2.05, 4.69) is 0 Å². The zero-order valence-electron chi connectivity index (χ0n) is 10.9. The summed E-state index contributed by atoms with van der Waals surface area (Å²) in [5, 5.41) is 0. The van der Waals surface area contributed by atoms with E-state index in [9.17, 15) is 9.18 Å². The molecule has 2 rings (SSSR count). The average Bonchev–Trinajstić information content (AvgIpc) is 2.40.